The van der Waals surface area contributed by atoms with Crippen molar-refractivity contribution < 1.29 is 19.0 Å². The molecule has 14 heavy (non-hydrogen) atoms. The van der Waals surface area contributed by atoms with Gasteiger partial charge in [0.1, 0.15) is 6.10 Å². The molecule has 0 aromatic heterocycles. The molecule has 1 rings (SSSR count). The Bertz CT molecular complexity index is 183. The number of cyclic esters (lactones) is 2. The van der Waals surface area contributed by atoms with Crippen molar-refractivity contribution in [1.82, 2.24) is 0 Å². The predicted molar refractivity (Wildman–Crippen MR) is 52.6 cm³/mol. The molecule has 1 aliphatic heterocycles. The van der Waals surface area contributed by atoms with Gasteiger partial charge in [-0.3, -0.25) is 0 Å². The third kappa shape index (κ3) is 6.11. The standard InChI is InChI=1S/C6H10O3.C4H6O/c1-2-5-3-4-8-6(7)9-5;1-3-5-4-2/h5H,2-4H2,1H3;3-4H,1-2H2. The summed E-state index contributed by atoms with van der Waals surface area (Å²) in [4.78, 5) is 10.4. The molecule has 1 aliphatic rings. The smallest absolute Gasteiger partial charge is 0.474 e. The van der Waals surface area contributed by atoms with E-state index in [1.54, 1.807) is 0 Å². The van der Waals surface area contributed by atoms with E-state index in [1.807, 2.05) is 6.92 Å². The van der Waals surface area contributed by atoms with Gasteiger partial charge < -0.3 is 14.2 Å². The highest BCUT2D eigenvalue weighted by Gasteiger charge is 2.18. The minimum absolute atomic E-state index is 0.0891. The maximum atomic E-state index is 10.4. The molecule has 0 aromatic rings. The lowest BCUT2D eigenvalue weighted by atomic mass is 10.2. The van der Waals surface area contributed by atoms with Gasteiger partial charge in [-0.1, -0.05) is 20.1 Å². The monoisotopic (exact) mass is 200 g/mol. The molecule has 80 valence electrons. The minimum atomic E-state index is -0.520. The van der Waals surface area contributed by atoms with Crippen LogP contribution in [-0.2, 0) is 14.2 Å². The third-order valence-corrected chi connectivity index (χ3v) is 1.57. The van der Waals surface area contributed by atoms with E-state index in [1.165, 1.54) is 12.5 Å². The molecule has 1 saturated heterocycles. The van der Waals surface area contributed by atoms with E-state index in [0.717, 1.165) is 12.8 Å². The Balaban J connectivity index is 0.000000292. The summed E-state index contributed by atoms with van der Waals surface area (Å²) in [6.07, 6.45) is 3.91. The van der Waals surface area contributed by atoms with Crippen LogP contribution in [0.1, 0.15) is 19.8 Å². The van der Waals surface area contributed by atoms with Crippen molar-refractivity contribution >= 4 is 6.16 Å². The highest BCUT2D eigenvalue weighted by molar-refractivity contribution is 5.60. The topological polar surface area (TPSA) is 44.8 Å². The van der Waals surface area contributed by atoms with Crippen LogP contribution < -0.4 is 0 Å². The molecule has 0 saturated carbocycles. The molecule has 1 unspecified atom stereocenters. The molecule has 4 heteroatoms. The summed E-state index contributed by atoms with van der Waals surface area (Å²) in [7, 11) is 0. The Morgan fingerprint density at radius 1 is 1.57 bits per heavy atom. The first-order chi connectivity index (χ1) is 6.74. The van der Waals surface area contributed by atoms with Gasteiger partial charge in [0.15, 0.2) is 0 Å². The summed E-state index contributed by atoms with van der Waals surface area (Å²) in [6, 6.07) is 0. The van der Waals surface area contributed by atoms with E-state index in [0.29, 0.717) is 6.61 Å². The fraction of sp³-hybridized carbons (Fsp3) is 0.500. The second-order valence-electron chi connectivity index (χ2n) is 2.50. The van der Waals surface area contributed by atoms with E-state index >= 15 is 0 Å². The number of carbonyl (C=O) groups is 1. The lowest BCUT2D eigenvalue weighted by molar-refractivity contribution is -0.0233. The van der Waals surface area contributed by atoms with Crippen LogP contribution in [0, 0.1) is 0 Å². The summed E-state index contributed by atoms with van der Waals surface area (Å²) < 4.78 is 13.7. The molecule has 0 radical (unpaired) electrons. The van der Waals surface area contributed by atoms with Gasteiger partial charge in [-0.05, 0) is 6.42 Å². The number of hydrogen-bond donors (Lipinski definition) is 0. The SMILES string of the molecule is C=COC=C.CCC1CCOC(=O)O1. The van der Waals surface area contributed by atoms with Crippen LogP contribution in [0.2, 0.25) is 0 Å². The van der Waals surface area contributed by atoms with Crippen molar-refractivity contribution in [3.05, 3.63) is 25.7 Å². The molecule has 1 heterocycles. The first kappa shape index (κ1) is 12.6. The van der Waals surface area contributed by atoms with Crippen LogP contribution in [-0.4, -0.2) is 18.9 Å². The number of ether oxygens (including phenoxy) is 3. The summed E-state index contributed by atoms with van der Waals surface area (Å²) in [5, 5.41) is 0. The van der Waals surface area contributed by atoms with Crippen LogP contribution >= 0.6 is 0 Å². The number of rotatable bonds is 3. The van der Waals surface area contributed by atoms with Crippen LogP contribution in [0.5, 0.6) is 0 Å². The zero-order valence-corrected chi connectivity index (χ0v) is 8.40. The fourth-order valence-corrected chi connectivity index (χ4v) is 0.858. The molecule has 0 spiro atoms. The van der Waals surface area contributed by atoms with Gasteiger partial charge in [-0.2, -0.15) is 0 Å². The molecule has 4 nitrogen and oxygen atoms in total. The Labute approximate surface area is 84.1 Å². The quantitative estimate of drug-likeness (QED) is 0.519. The number of hydrogen-bond acceptors (Lipinski definition) is 4. The van der Waals surface area contributed by atoms with Gasteiger partial charge in [0.2, 0.25) is 0 Å². The van der Waals surface area contributed by atoms with Gasteiger partial charge in [-0.25, -0.2) is 4.79 Å². The molecule has 1 fully saturated rings. The molecule has 0 bridgehead atoms. The van der Waals surface area contributed by atoms with Crippen molar-refractivity contribution in [2.75, 3.05) is 6.61 Å². The van der Waals surface area contributed by atoms with Crippen molar-refractivity contribution in [3.63, 3.8) is 0 Å². The Hall–Kier alpha value is -1.45. The number of carbonyl (C=O) groups excluding carboxylic acids is 1. The summed E-state index contributed by atoms with van der Waals surface area (Å²) in [5.41, 5.74) is 0. The van der Waals surface area contributed by atoms with Gasteiger partial charge in [0.05, 0.1) is 19.1 Å². The average molecular weight is 200 g/mol. The summed E-state index contributed by atoms with van der Waals surface area (Å²) in [6.45, 7) is 9.01. The average Bonchev–Trinajstić information content (AvgIpc) is 2.20. The highest BCUT2D eigenvalue weighted by Crippen LogP contribution is 2.10. The summed E-state index contributed by atoms with van der Waals surface area (Å²) >= 11 is 0. The summed E-state index contributed by atoms with van der Waals surface area (Å²) in [5.74, 6) is 0. The Morgan fingerprint density at radius 2 is 2.21 bits per heavy atom. The van der Waals surface area contributed by atoms with E-state index < -0.39 is 6.16 Å². The highest BCUT2D eigenvalue weighted by atomic mass is 16.7. The van der Waals surface area contributed by atoms with Crippen molar-refractivity contribution in [2.24, 2.45) is 0 Å². The van der Waals surface area contributed by atoms with E-state index in [4.69, 9.17) is 4.74 Å². The Kier molecular flexibility index (Phi) is 7.32. The Morgan fingerprint density at radius 3 is 2.50 bits per heavy atom. The van der Waals surface area contributed by atoms with Crippen LogP contribution in [0.15, 0.2) is 25.7 Å². The molecular formula is C10H16O4. The fourth-order valence-electron chi connectivity index (χ4n) is 0.858. The largest absolute Gasteiger partial charge is 0.508 e. The first-order valence-electron chi connectivity index (χ1n) is 4.45. The van der Waals surface area contributed by atoms with Crippen LogP contribution in [0.3, 0.4) is 0 Å². The van der Waals surface area contributed by atoms with Crippen molar-refractivity contribution in [1.29, 1.82) is 0 Å². The maximum Gasteiger partial charge on any atom is 0.508 e. The zero-order valence-electron chi connectivity index (χ0n) is 8.40. The molecule has 0 N–H and O–H groups in total. The molecule has 0 amide bonds. The lowest BCUT2D eigenvalue weighted by Crippen LogP contribution is -2.26. The van der Waals surface area contributed by atoms with Gasteiger partial charge >= 0.3 is 6.16 Å². The zero-order chi connectivity index (χ0) is 10.8. The van der Waals surface area contributed by atoms with Crippen molar-refractivity contribution in [3.8, 4) is 0 Å². The first-order valence-corrected chi connectivity index (χ1v) is 4.45. The van der Waals surface area contributed by atoms with Gasteiger partial charge in [0, 0.05) is 6.42 Å². The van der Waals surface area contributed by atoms with E-state index in [-0.39, 0.29) is 6.10 Å². The predicted octanol–water partition coefficient (Wildman–Crippen LogP) is 2.61. The van der Waals surface area contributed by atoms with E-state index in [9.17, 15) is 4.79 Å². The van der Waals surface area contributed by atoms with Crippen LogP contribution in [0.25, 0.3) is 0 Å². The maximum absolute atomic E-state index is 10.4. The second-order valence-corrected chi connectivity index (χ2v) is 2.50. The van der Waals surface area contributed by atoms with Crippen LogP contribution in [0.4, 0.5) is 4.79 Å². The molecule has 0 aliphatic carbocycles. The minimum Gasteiger partial charge on any atom is -0.474 e. The molecular weight excluding hydrogens is 184 g/mol. The van der Waals surface area contributed by atoms with Gasteiger partial charge in [0.25, 0.3) is 0 Å². The van der Waals surface area contributed by atoms with Crippen molar-refractivity contribution in [2.45, 2.75) is 25.9 Å². The van der Waals surface area contributed by atoms with Gasteiger partial charge in [-0.15, -0.1) is 0 Å². The molecule has 1 atom stereocenters. The lowest BCUT2D eigenvalue weighted by Gasteiger charge is -2.20. The third-order valence-electron chi connectivity index (χ3n) is 1.57. The normalized spacial score (nSPS) is 19.2. The molecule has 0 aromatic carbocycles. The second kappa shape index (κ2) is 8.16. The van der Waals surface area contributed by atoms with E-state index in [2.05, 4.69) is 22.6 Å².